The van der Waals surface area contributed by atoms with E-state index < -0.39 is 0 Å². The lowest BCUT2D eigenvalue weighted by Crippen LogP contribution is -2.33. The third-order valence-electron chi connectivity index (χ3n) is 2.80. The fraction of sp³-hybridized carbons (Fsp3) is 0.750. The van der Waals surface area contributed by atoms with Crippen LogP contribution in [0, 0.1) is 5.92 Å². The molecule has 0 amide bonds. The maximum absolute atomic E-state index is 10.9. The number of hydrogen-bond donors (Lipinski definition) is 0. The van der Waals surface area contributed by atoms with Crippen molar-refractivity contribution in [2.75, 3.05) is 13.2 Å². The van der Waals surface area contributed by atoms with Crippen molar-refractivity contribution in [1.29, 1.82) is 0 Å². The molecular formula is C12H19BrO3. The van der Waals surface area contributed by atoms with Gasteiger partial charge in [-0.2, -0.15) is 0 Å². The molecule has 92 valence electrons. The molecule has 16 heavy (non-hydrogen) atoms. The van der Waals surface area contributed by atoms with Gasteiger partial charge in [-0.25, -0.2) is 0 Å². The predicted octanol–water partition coefficient (Wildman–Crippen LogP) is 2.68. The maximum Gasteiger partial charge on any atom is 0.125 e. The van der Waals surface area contributed by atoms with Crippen LogP contribution in [-0.2, 0) is 14.3 Å². The van der Waals surface area contributed by atoms with Crippen LogP contribution in [0.2, 0.25) is 0 Å². The topological polar surface area (TPSA) is 35.5 Å². The summed E-state index contributed by atoms with van der Waals surface area (Å²) in [6.45, 7) is 4.74. The first kappa shape index (κ1) is 13.7. The Morgan fingerprint density at radius 1 is 1.38 bits per heavy atom. The minimum absolute atomic E-state index is 0.0402. The van der Waals surface area contributed by atoms with Crippen LogP contribution in [0.1, 0.15) is 25.7 Å². The van der Waals surface area contributed by atoms with E-state index in [0.717, 1.165) is 32.0 Å². The number of carbonyl (C=O) groups is 1. The number of rotatable bonds is 7. The van der Waals surface area contributed by atoms with Gasteiger partial charge in [-0.3, -0.25) is 0 Å². The van der Waals surface area contributed by atoms with Crippen LogP contribution < -0.4 is 0 Å². The first-order chi connectivity index (χ1) is 7.77. The highest BCUT2D eigenvalue weighted by Gasteiger charge is 2.29. The van der Waals surface area contributed by atoms with E-state index in [-0.39, 0.29) is 12.0 Å². The van der Waals surface area contributed by atoms with Gasteiger partial charge in [0.15, 0.2) is 0 Å². The molecule has 0 radical (unpaired) electrons. The second kappa shape index (κ2) is 7.85. The summed E-state index contributed by atoms with van der Waals surface area (Å²) in [7, 11) is 0. The molecule has 0 bridgehead atoms. The number of halogens is 1. The van der Waals surface area contributed by atoms with E-state index >= 15 is 0 Å². The van der Waals surface area contributed by atoms with Crippen molar-refractivity contribution in [2.45, 2.75) is 36.6 Å². The van der Waals surface area contributed by atoms with Gasteiger partial charge in [-0.1, -0.05) is 22.5 Å². The van der Waals surface area contributed by atoms with Gasteiger partial charge >= 0.3 is 0 Å². The minimum Gasteiger partial charge on any atom is -0.502 e. The zero-order valence-electron chi connectivity index (χ0n) is 9.44. The van der Waals surface area contributed by atoms with Crippen molar-refractivity contribution in [3.63, 3.8) is 0 Å². The lowest BCUT2D eigenvalue weighted by Gasteiger charge is -2.30. The number of carbonyl (C=O) groups excluding carboxylic acids is 1. The minimum atomic E-state index is 0.0402. The van der Waals surface area contributed by atoms with Gasteiger partial charge in [0.25, 0.3) is 0 Å². The number of aldehydes is 1. The summed E-state index contributed by atoms with van der Waals surface area (Å²) in [6, 6.07) is 0. The van der Waals surface area contributed by atoms with E-state index in [1.54, 1.807) is 0 Å². The Morgan fingerprint density at radius 3 is 2.88 bits per heavy atom. The van der Waals surface area contributed by atoms with Crippen LogP contribution in [0.15, 0.2) is 12.8 Å². The number of ether oxygens (including phenoxy) is 2. The van der Waals surface area contributed by atoms with Crippen molar-refractivity contribution in [2.24, 2.45) is 5.92 Å². The van der Waals surface area contributed by atoms with Gasteiger partial charge in [0, 0.05) is 17.2 Å². The molecule has 1 aliphatic carbocycles. The van der Waals surface area contributed by atoms with Crippen LogP contribution in [-0.4, -0.2) is 30.4 Å². The van der Waals surface area contributed by atoms with E-state index in [9.17, 15) is 4.79 Å². The van der Waals surface area contributed by atoms with Crippen LogP contribution in [0.5, 0.6) is 0 Å². The first-order valence-electron chi connectivity index (χ1n) is 5.71. The molecule has 0 spiro atoms. The zero-order chi connectivity index (χ0) is 11.8. The molecule has 1 aliphatic rings. The zero-order valence-corrected chi connectivity index (χ0v) is 11.0. The summed E-state index contributed by atoms with van der Waals surface area (Å²) in [4.78, 5) is 11.4. The summed E-state index contributed by atoms with van der Waals surface area (Å²) in [6.07, 6.45) is 6.32. The number of alkyl halides is 1. The highest BCUT2D eigenvalue weighted by atomic mass is 79.9. The van der Waals surface area contributed by atoms with E-state index in [1.807, 2.05) is 0 Å². The molecule has 0 aliphatic heterocycles. The second-order valence-electron chi connectivity index (χ2n) is 4.01. The molecule has 0 aromatic rings. The van der Waals surface area contributed by atoms with Crippen LogP contribution in [0.4, 0.5) is 0 Å². The standard InChI is InChI=1S/C12H19BrO3/c1-2-15-6-3-7-16-12-5-4-11(13)8-10(12)9-14/h2,9-12H,1,3-8H2. The smallest absolute Gasteiger partial charge is 0.125 e. The lowest BCUT2D eigenvalue weighted by atomic mass is 9.87. The molecule has 0 aromatic heterocycles. The Balaban J connectivity index is 2.19. The number of hydrogen-bond acceptors (Lipinski definition) is 3. The Hall–Kier alpha value is -0.350. The quantitative estimate of drug-likeness (QED) is 0.313. The summed E-state index contributed by atoms with van der Waals surface area (Å²) < 4.78 is 10.7. The van der Waals surface area contributed by atoms with Gasteiger partial charge in [0.2, 0.25) is 0 Å². The van der Waals surface area contributed by atoms with E-state index in [1.165, 1.54) is 6.26 Å². The Kier molecular flexibility index (Phi) is 6.73. The maximum atomic E-state index is 10.9. The fourth-order valence-electron chi connectivity index (χ4n) is 1.93. The molecule has 0 heterocycles. The normalized spacial score (nSPS) is 29.7. The molecule has 1 rings (SSSR count). The van der Waals surface area contributed by atoms with Crippen LogP contribution >= 0.6 is 15.9 Å². The van der Waals surface area contributed by atoms with Crippen molar-refractivity contribution < 1.29 is 14.3 Å². The predicted molar refractivity (Wildman–Crippen MR) is 66.6 cm³/mol. The average molecular weight is 291 g/mol. The highest BCUT2D eigenvalue weighted by molar-refractivity contribution is 9.09. The Bertz CT molecular complexity index is 220. The summed E-state index contributed by atoms with van der Waals surface area (Å²) >= 11 is 3.55. The largest absolute Gasteiger partial charge is 0.502 e. The van der Waals surface area contributed by atoms with Gasteiger partial charge < -0.3 is 14.3 Å². The second-order valence-corrected chi connectivity index (χ2v) is 5.31. The molecule has 0 saturated heterocycles. The van der Waals surface area contributed by atoms with E-state index in [0.29, 0.717) is 18.0 Å². The van der Waals surface area contributed by atoms with Crippen LogP contribution in [0.3, 0.4) is 0 Å². The molecule has 3 atom stereocenters. The third-order valence-corrected chi connectivity index (χ3v) is 3.63. The molecule has 1 saturated carbocycles. The third kappa shape index (κ3) is 4.66. The monoisotopic (exact) mass is 290 g/mol. The van der Waals surface area contributed by atoms with E-state index in [2.05, 4.69) is 22.5 Å². The fourth-order valence-corrected chi connectivity index (χ4v) is 2.63. The average Bonchev–Trinajstić information content (AvgIpc) is 2.30. The van der Waals surface area contributed by atoms with Crippen molar-refractivity contribution in [3.8, 4) is 0 Å². The molecule has 3 nitrogen and oxygen atoms in total. The van der Waals surface area contributed by atoms with Crippen molar-refractivity contribution >= 4 is 22.2 Å². The van der Waals surface area contributed by atoms with Gasteiger partial charge in [0.05, 0.1) is 25.6 Å². The molecule has 3 unspecified atom stereocenters. The molecule has 4 heteroatoms. The molecular weight excluding hydrogens is 272 g/mol. The van der Waals surface area contributed by atoms with E-state index in [4.69, 9.17) is 9.47 Å². The van der Waals surface area contributed by atoms with Gasteiger partial charge in [0.1, 0.15) is 6.29 Å². The lowest BCUT2D eigenvalue weighted by molar-refractivity contribution is -0.118. The van der Waals surface area contributed by atoms with Gasteiger partial charge in [-0.15, -0.1) is 0 Å². The van der Waals surface area contributed by atoms with Crippen LogP contribution in [0.25, 0.3) is 0 Å². The SMILES string of the molecule is C=COCCCOC1CCC(Br)CC1C=O. The van der Waals surface area contributed by atoms with Crippen molar-refractivity contribution in [1.82, 2.24) is 0 Å². The molecule has 0 aromatic carbocycles. The highest BCUT2D eigenvalue weighted by Crippen LogP contribution is 2.30. The summed E-state index contributed by atoms with van der Waals surface area (Å²) in [5.41, 5.74) is 0. The summed E-state index contributed by atoms with van der Waals surface area (Å²) in [5.74, 6) is 0.0402. The molecule has 0 N–H and O–H groups in total. The summed E-state index contributed by atoms with van der Waals surface area (Å²) in [5, 5.41) is 0. The first-order valence-corrected chi connectivity index (χ1v) is 6.63. The Morgan fingerprint density at radius 2 is 2.19 bits per heavy atom. The van der Waals surface area contributed by atoms with Crippen molar-refractivity contribution in [3.05, 3.63) is 12.8 Å². The van der Waals surface area contributed by atoms with Gasteiger partial charge in [-0.05, 0) is 19.3 Å². The molecule has 1 fully saturated rings. The Labute approximate surface area is 105 Å².